The lowest BCUT2D eigenvalue weighted by Gasteiger charge is -2.12. The number of hydrogen-bond donors (Lipinski definition) is 1. The Labute approximate surface area is 192 Å². The molecule has 0 saturated carbocycles. The summed E-state index contributed by atoms with van der Waals surface area (Å²) in [6, 6.07) is 18.5. The van der Waals surface area contributed by atoms with Gasteiger partial charge in [-0.15, -0.1) is 0 Å². The van der Waals surface area contributed by atoms with E-state index in [1.807, 2.05) is 0 Å². The lowest BCUT2D eigenvalue weighted by atomic mass is 10.1. The van der Waals surface area contributed by atoms with Crippen molar-refractivity contribution in [2.24, 2.45) is 0 Å². The highest BCUT2D eigenvalue weighted by atomic mass is 19.3. The molecule has 0 aliphatic rings. The molecule has 0 aliphatic heterocycles. The molecule has 0 bridgehead atoms. The van der Waals surface area contributed by atoms with Crippen molar-refractivity contribution in [1.29, 1.82) is 0 Å². The van der Waals surface area contributed by atoms with Gasteiger partial charge in [-0.3, -0.25) is 14.4 Å². The monoisotopic (exact) mass is 464 g/mol. The Morgan fingerprint density at radius 1 is 0.912 bits per heavy atom. The molecule has 0 fully saturated rings. The van der Waals surface area contributed by atoms with Crippen LogP contribution in [0.3, 0.4) is 0 Å². The van der Waals surface area contributed by atoms with E-state index in [4.69, 9.17) is 0 Å². The summed E-state index contributed by atoms with van der Waals surface area (Å²) in [4.78, 5) is 39.2. The van der Waals surface area contributed by atoms with Gasteiger partial charge in [0.05, 0.1) is 5.52 Å². The van der Waals surface area contributed by atoms with Crippen LogP contribution in [0.5, 0.6) is 0 Å². The lowest BCUT2D eigenvalue weighted by molar-refractivity contribution is 0.0949. The molecular formula is C26H19F3N2O3. The van der Waals surface area contributed by atoms with E-state index in [2.05, 4.69) is 5.32 Å². The van der Waals surface area contributed by atoms with E-state index >= 15 is 0 Å². The van der Waals surface area contributed by atoms with Crippen molar-refractivity contribution in [2.75, 3.05) is 6.54 Å². The zero-order valence-electron chi connectivity index (χ0n) is 17.8. The molecule has 0 spiro atoms. The van der Waals surface area contributed by atoms with Gasteiger partial charge in [-0.2, -0.15) is 0 Å². The highest BCUT2D eigenvalue weighted by molar-refractivity contribution is 6.04. The van der Waals surface area contributed by atoms with Crippen LogP contribution in [0, 0.1) is 5.82 Å². The van der Waals surface area contributed by atoms with Crippen LogP contribution in [0.2, 0.25) is 0 Å². The fourth-order valence-electron chi connectivity index (χ4n) is 3.59. The predicted octanol–water partition coefficient (Wildman–Crippen LogP) is 4.74. The van der Waals surface area contributed by atoms with Gasteiger partial charge in [0, 0.05) is 17.7 Å². The maximum absolute atomic E-state index is 13.2. The second-order valence-electron chi connectivity index (χ2n) is 7.62. The molecule has 4 rings (SSSR count). The number of alkyl halides is 2. The van der Waals surface area contributed by atoms with Crippen LogP contribution in [0.4, 0.5) is 13.2 Å². The summed E-state index contributed by atoms with van der Waals surface area (Å²) < 4.78 is 39.6. The van der Waals surface area contributed by atoms with Crippen LogP contribution in [0.1, 0.15) is 38.3 Å². The number of carbonyl (C=O) groups excluding carboxylic acids is 2. The summed E-state index contributed by atoms with van der Waals surface area (Å²) in [5.74, 6) is -1.76. The van der Waals surface area contributed by atoms with Crippen molar-refractivity contribution in [3.63, 3.8) is 0 Å². The molecule has 1 N–H and O–H groups in total. The lowest BCUT2D eigenvalue weighted by Crippen LogP contribution is -2.36. The smallest absolute Gasteiger partial charge is 0.270 e. The van der Waals surface area contributed by atoms with Crippen LogP contribution in [-0.4, -0.2) is 22.9 Å². The third-order valence-electron chi connectivity index (χ3n) is 5.38. The number of halogens is 3. The van der Waals surface area contributed by atoms with Crippen LogP contribution < -0.4 is 10.9 Å². The summed E-state index contributed by atoms with van der Waals surface area (Å²) in [5.41, 5.74) is -0.164. The van der Waals surface area contributed by atoms with Gasteiger partial charge in [-0.25, -0.2) is 17.7 Å². The molecule has 1 heterocycles. The number of amides is 1. The molecule has 5 nitrogen and oxygen atoms in total. The average molecular weight is 464 g/mol. The number of hydrogen-bond acceptors (Lipinski definition) is 3. The number of pyridine rings is 1. The molecule has 34 heavy (non-hydrogen) atoms. The summed E-state index contributed by atoms with van der Waals surface area (Å²) >= 11 is 0. The first-order valence-electron chi connectivity index (χ1n) is 10.5. The standard InChI is InChI=1S/C26H19F3N2O3/c27-20-11-5-16(6-12-20)13-14-30-24(32)21-15-19-3-1-2-4-22(19)31(26(21)34)25(33)18-9-7-17(8-10-18)23(28)29/h1-12,15,23H,13-14H2,(H,30,32). The van der Waals surface area contributed by atoms with Gasteiger partial charge in [0.1, 0.15) is 11.4 Å². The van der Waals surface area contributed by atoms with Crippen molar-refractivity contribution < 1.29 is 22.8 Å². The Hall–Kier alpha value is -4.20. The molecule has 1 aromatic heterocycles. The molecule has 3 aromatic carbocycles. The minimum absolute atomic E-state index is 0.0329. The number of para-hydroxylation sites is 1. The molecule has 0 unspecified atom stereocenters. The Balaban J connectivity index is 1.65. The van der Waals surface area contributed by atoms with Crippen LogP contribution >= 0.6 is 0 Å². The minimum Gasteiger partial charge on any atom is -0.352 e. The number of fused-ring (bicyclic) bond motifs is 1. The molecular weight excluding hydrogens is 445 g/mol. The van der Waals surface area contributed by atoms with E-state index in [1.54, 1.807) is 36.4 Å². The first-order chi connectivity index (χ1) is 16.3. The molecule has 0 atom stereocenters. The van der Waals surface area contributed by atoms with Crippen LogP contribution in [0.15, 0.2) is 83.7 Å². The van der Waals surface area contributed by atoms with Crippen molar-refractivity contribution >= 4 is 22.7 Å². The van der Waals surface area contributed by atoms with Gasteiger partial charge in [-0.05, 0) is 53.8 Å². The third kappa shape index (κ3) is 4.76. The average Bonchev–Trinajstić information content (AvgIpc) is 2.84. The second-order valence-corrected chi connectivity index (χ2v) is 7.62. The van der Waals surface area contributed by atoms with E-state index in [1.165, 1.54) is 30.3 Å². The van der Waals surface area contributed by atoms with E-state index in [0.717, 1.165) is 22.3 Å². The van der Waals surface area contributed by atoms with Crippen molar-refractivity contribution in [3.8, 4) is 0 Å². The summed E-state index contributed by atoms with van der Waals surface area (Å²) in [7, 11) is 0. The number of aromatic nitrogens is 1. The number of carbonyl (C=O) groups is 2. The van der Waals surface area contributed by atoms with Gasteiger partial charge < -0.3 is 5.32 Å². The van der Waals surface area contributed by atoms with Crippen molar-refractivity contribution in [1.82, 2.24) is 9.88 Å². The predicted molar refractivity (Wildman–Crippen MR) is 122 cm³/mol. The Kier molecular flexibility index (Phi) is 6.58. The van der Waals surface area contributed by atoms with Crippen LogP contribution in [0.25, 0.3) is 10.9 Å². The Morgan fingerprint density at radius 2 is 1.59 bits per heavy atom. The van der Waals surface area contributed by atoms with Crippen LogP contribution in [-0.2, 0) is 6.42 Å². The third-order valence-corrected chi connectivity index (χ3v) is 5.38. The van der Waals surface area contributed by atoms with E-state index in [-0.39, 0.29) is 29.1 Å². The van der Waals surface area contributed by atoms with Crippen molar-refractivity contribution in [2.45, 2.75) is 12.8 Å². The molecule has 8 heteroatoms. The largest absolute Gasteiger partial charge is 0.352 e. The second kappa shape index (κ2) is 9.74. The van der Waals surface area contributed by atoms with Gasteiger partial charge in [0.15, 0.2) is 0 Å². The first kappa shape index (κ1) is 23.0. The minimum atomic E-state index is -2.69. The van der Waals surface area contributed by atoms with E-state index in [9.17, 15) is 27.6 Å². The summed E-state index contributed by atoms with van der Waals surface area (Å²) in [6.07, 6.45) is -2.27. The van der Waals surface area contributed by atoms with E-state index < -0.39 is 23.8 Å². The SMILES string of the molecule is O=C(NCCc1ccc(F)cc1)c1cc2ccccc2n(C(=O)c2ccc(C(F)F)cc2)c1=O. The molecule has 4 aromatic rings. The maximum Gasteiger partial charge on any atom is 0.270 e. The van der Waals surface area contributed by atoms with Gasteiger partial charge in [0.2, 0.25) is 0 Å². The molecule has 0 saturated heterocycles. The molecule has 1 amide bonds. The maximum atomic E-state index is 13.2. The van der Waals surface area contributed by atoms with Gasteiger partial charge >= 0.3 is 0 Å². The van der Waals surface area contributed by atoms with Gasteiger partial charge in [0.25, 0.3) is 23.8 Å². The van der Waals surface area contributed by atoms with Gasteiger partial charge in [-0.1, -0.05) is 42.5 Å². The summed E-state index contributed by atoms with van der Waals surface area (Å²) in [5, 5.41) is 3.14. The highest BCUT2D eigenvalue weighted by Crippen LogP contribution is 2.20. The van der Waals surface area contributed by atoms with Crippen molar-refractivity contribution in [3.05, 3.63) is 117 Å². The normalized spacial score (nSPS) is 11.1. The number of nitrogens with one attached hydrogen (secondary N) is 1. The Bertz CT molecular complexity index is 1410. The fraction of sp³-hybridized carbons (Fsp3) is 0.115. The van der Waals surface area contributed by atoms with E-state index in [0.29, 0.717) is 17.3 Å². The number of benzene rings is 3. The topological polar surface area (TPSA) is 68.2 Å². The number of nitrogens with zero attached hydrogens (tertiary/aromatic N) is 1. The molecule has 0 aliphatic carbocycles. The highest BCUT2D eigenvalue weighted by Gasteiger charge is 2.20. The quantitative estimate of drug-likeness (QED) is 0.448. The summed E-state index contributed by atoms with van der Waals surface area (Å²) in [6.45, 7) is 0.194. The first-order valence-corrected chi connectivity index (χ1v) is 10.5. The zero-order chi connectivity index (χ0) is 24.2. The zero-order valence-corrected chi connectivity index (χ0v) is 17.8. The number of rotatable bonds is 6. The molecule has 172 valence electrons. The Morgan fingerprint density at radius 3 is 2.26 bits per heavy atom. The molecule has 0 radical (unpaired) electrons. The fourth-order valence-corrected chi connectivity index (χ4v) is 3.59.